The summed E-state index contributed by atoms with van der Waals surface area (Å²) in [6.07, 6.45) is 0.621. The summed E-state index contributed by atoms with van der Waals surface area (Å²) in [6, 6.07) is -0.0601. The van der Waals surface area contributed by atoms with E-state index < -0.39 is 11.7 Å². The molecule has 0 radical (unpaired) electrons. The molecule has 1 amide bonds. The average Bonchev–Trinajstić information content (AvgIpc) is 2.55. The molecule has 0 spiro atoms. The molecule has 8 nitrogen and oxygen atoms in total. The third-order valence-electron chi connectivity index (χ3n) is 3.89. The number of guanidine groups is 1. The van der Waals surface area contributed by atoms with E-state index in [9.17, 15) is 4.79 Å². The zero-order valence-electron chi connectivity index (χ0n) is 18.5. The number of likely N-dealkylation sites (N-methyl/N-ethyl adjacent to an activating group) is 1. The highest BCUT2D eigenvalue weighted by molar-refractivity contribution is 5.79. The first-order chi connectivity index (χ1) is 12.6. The van der Waals surface area contributed by atoms with E-state index in [2.05, 4.69) is 46.7 Å². The second-order valence-electron chi connectivity index (χ2n) is 8.03. The van der Waals surface area contributed by atoms with Gasteiger partial charge in [-0.3, -0.25) is 4.99 Å². The third kappa shape index (κ3) is 14.2. The van der Waals surface area contributed by atoms with E-state index in [4.69, 9.17) is 9.47 Å². The number of rotatable bonds is 11. The minimum Gasteiger partial charge on any atom is -0.444 e. The number of hydrogen-bond acceptors (Lipinski definition) is 5. The zero-order valence-corrected chi connectivity index (χ0v) is 18.5. The molecule has 0 aliphatic carbocycles. The van der Waals surface area contributed by atoms with Gasteiger partial charge in [-0.05, 0) is 40.2 Å². The lowest BCUT2D eigenvalue weighted by Gasteiger charge is -2.26. The Morgan fingerprint density at radius 1 is 1.19 bits per heavy atom. The minimum absolute atomic E-state index is 0.0601. The number of ether oxygens (including phenoxy) is 2. The highest BCUT2D eigenvalue weighted by atomic mass is 16.6. The fourth-order valence-corrected chi connectivity index (χ4v) is 2.30. The highest BCUT2D eigenvalue weighted by Gasteiger charge is 2.21. The van der Waals surface area contributed by atoms with Crippen LogP contribution in [-0.2, 0) is 9.47 Å². The van der Waals surface area contributed by atoms with Crippen molar-refractivity contribution in [2.45, 2.75) is 52.7 Å². The van der Waals surface area contributed by atoms with Crippen molar-refractivity contribution in [1.29, 1.82) is 0 Å². The monoisotopic (exact) mass is 387 g/mol. The van der Waals surface area contributed by atoms with E-state index in [0.717, 1.165) is 38.6 Å². The summed E-state index contributed by atoms with van der Waals surface area (Å²) in [6.45, 7) is 13.7. The lowest BCUT2D eigenvalue weighted by molar-refractivity contribution is 0.0491. The normalized spacial score (nSPS) is 13.6. The maximum Gasteiger partial charge on any atom is 0.407 e. The summed E-state index contributed by atoms with van der Waals surface area (Å²) in [5.74, 6) is 0.979. The van der Waals surface area contributed by atoms with Crippen LogP contribution in [0.3, 0.4) is 0 Å². The molecule has 0 aromatic rings. The van der Waals surface area contributed by atoms with Crippen LogP contribution in [0.5, 0.6) is 0 Å². The van der Waals surface area contributed by atoms with Crippen molar-refractivity contribution in [2.24, 2.45) is 10.9 Å². The predicted molar refractivity (Wildman–Crippen MR) is 111 cm³/mol. The van der Waals surface area contributed by atoms with Crippen molar-refractivity contribution >= 4 is 12.1 Å². The molecule has 0 saturated carbocycles. The SMILES string of the molecule is CN=C(NCCN(C)CCCOC)NCC(NC(=O)OC(C)(C)C)C(C)C. The van der Waals surface area contributed by atoms with Crippen molar-refractivity contribution in [3.63, 3.8) is 0 Å². The Kier molecular flexibility index (Phi) is 12.8. The highest BCUT2D eigenvalue weighted by Crippen LogP contribution is 2.08. The van der Waals surface area contributed by atoms with Gasteiger partial charge in [0, 0.05) is 46.9 Å². The van der Waals surface area contributed by atoms with Gasteiger partial charge in [-0.15, -0.1) is 0 Å². The van der Waals surface area contributed by atoms with E-state index >= 15 is 0 Å². The lowest BCUT2D eigenvalue weighted by Crippen LogP contribution is -2.50. The Balaban J connectivity index is 4.29. The second-order valence-corrected chi connectivity index (χ2v) is 8.03. The van der Waals surface area contributed by atoms with Gasteiger partial charge in [0.2, 0.25) is 0 Å². The van der Waals surface area contributed by atoms with Gasteiger partial charge in [-0.2, -0.15) is 0 Å². The topological polar surface area (TPSA) is 87.2 Å². The number of hydrogen-bond donors (Lipinski definition) is 3. The molecule has 0 bridgehead atoms. The molecule has 8 heteroatoms. The molecule has 0 aromatic carbocycles. The lowest BCUT2D eigenvalue weighted by atomic mass is 10.0. The van der Waals surface area contributed by atoms with Crippen LogP contribution in [-0.4, -0.2) is 82.6 Å². The molecule has 3 N–H and O–H groups in total. The first-order valence-electron chi connectivity index (χ1n) is 9.70. The summed E-state index contributed by atoms with van der Waals surface area (Å²) in [4.78, 5) is 18.5. The minimum atomic E-state index is -0.508. The number of nitrogens with one attached hydrogen (secondary N) is 3. The van der Waals surface area contributed by atoms with Gasteiger partial charge in [0.1, 0.15) is 5.60 Å². The smallest absolute Gasteiger partial charge is 0.407 e. The van der Waals surface area contributed by atoms with Gasteiger partial charge >= 0.3 is 6.09 Å². The van der Waals surface area contributed by atoms with Crippen molar-refractivity contribution < 1.29 is 14.3 Å². The van der Waals surface area contributed by atoms with Gasteiger partial charge in [0.05, 0.1) is 6.04 Å². The fourth-order valence-electron chi connectivity index (χ4n) is 2.30. The molecule has 0 saturated heterocycles. The molecule has 0 heterocycles. The van der Waals surface area contributed by atoms with Crippen molar-refractivity contribution in [2.75, 3.05) is 54.0 Å². The van der Waals surface area contributed by atoms with Crippen LogP contribution in [0.25, 0.3) is 0 Å². The maximum atomic E-state index is 12.0. The standard InChI is InChI=1S/C19H41N5O3/c1-15(2)16(23-18(25)27-19(3,4)5)14-22-17(20-6)21-10-12-24(7)11-9-13-26-8/h15-16H,9-14H2,1-8H3,(H,23,25)(H2,20,21,22). The summed E-state index contributed by atoms with van der Waals surface area (Å²) >= 11 is 0. The van der Waals surface area contributed by atoms with Crippen LogP contribution in [0.2, 0.25) is 0 Å². The number of aliphatic imine (C=N–C) groups is 1. The summed E-state index contributed by atoms with van der Waals surface area (Å²) in [7, 11) is 5.55. The Labute approximate surface area is 165 Å². The van der Waals surface area contributed by atoms with E-state index in [-0.39, 0.29) is 12.0 Å². The number of carbonyl (C=O) groups is 1. The van der Waals surface area contributed by atoms with Gasteiger partial charge in [-0.1, -0.05) is 13.8 Å². The number of amides is 1. The Hall–Kier alpha value is -1.54. The fraction of sp³-hybridized carbons (Fsp3) is 0.895. The molecule has 160 valence electrons. The van der Waals surface area contributed by atoms with Gasteiger partial charge < -0.3 is 30.3 Å². The molecule has 1 atom stereocenters. The molecule has 0 rings (SSSR count). The zero-order chi connectivity index (χ0) is 20.9. The maximum absolute atomic E-state index is 12.0. The van der Waals surface area contributed by atoms with E-state index in [1.54, 1.807) is 14.2 Å². The molecule has 1 unspecified atom stereocenters. The Morgan fingerprint density at radius 2 is 1.85 bits per heavy atom. The third-order valence-corrected chi connectivity index (χ3v) is 3.89. The number of alkyl carbamates (subject to hydrolysis) is 1. The van der Waals surface area contributed by atoms with Crippen molar-refractivity contribution in [3.8, 4) is 0 Å². The molecule has 27 heavy (non-hydrogen) atoms. The number of carbonyl (C=O) groups excluding carboxylic acids is 1. The molecular weight excluding hydrogens is 346 g/mol. The first-order valence-corrected chi connectivity index (χ1v) is 9.70. The second kappa shape index (κ2) is 13.6. The first kappa shape index (κ1) is 25.5. The van der Waals surface area contributed by atoms with E-state index in [0.29, 0.717) is 6.54 Å². The van der Waals surface area contributed by atoms with Crippen LogP contribution in [0.4, 0.5) is 4.79 Å². The summed E-state index contributed by atoms with van der Waals surface area (Å²) in [5.41, 5.74) is -0.508. The molecular formula is C19H41N5O3. The molecule has 0 aromatic heterocycles. The predicted octanol–water partition coefficient (Wildman–Crippen LogP) is 1.67. The molecule has 0 fully saturated rings. The van der Waals surface area contributed by atoms with Crippen LogP contribution in [0, 0.1) is 5.92 Å². The van der Waals surface area contributed by atoms with Crippen LogP contribution in [0.1, 0.15) is 41.0 Å². The molecule has 0 aliphatic heterocycles. The molecule has 0 aliphatic rings. The van der Waals surface area contributed by atoms with Gasteiger partial charge in [-0.25, -0.2) is 4.79 Å². The average molecular weight is 388 g/mol. The summed E-state index contributed by atoms with van der Waals surface area (Å²) < 4.78 is 10.4. The van der Waals surface area contributed by atoms with E-state index in [1.165, 1.54) is 0 Å². The van der Waals surface area contributed by atoms with Crippen LogP contribution in [0.15, 0.2) is 4.99 Å². The largest absolute Gasteiger partial charge is 0.444 e. The van der Waals surface area contributed by atoms with Crippen molar-refractivity contribution in [1.82, 2.24) is 20.9 Å². The van der Waals surface area contributed by atoms with Crippen LogP contribution >= 0.6 is 0 Å². The van der Waals surface area contributed by atoms with Gasteiger partial charge in [0.25, 0.3) is 0 Å². The Bertz CT molecular complexity index is 436. The van der Waals surface area contributed by atoms with Crippen LogP contribution < -0.4 is 16.0 Å². The van der Waals surface area contributed by atoms with Gasteiger partial charge in [0.15, 0.2) is 5.96 Å². The Morgan fingerprint density at radius 3 is 2.37 bits per heavy atom. The van der Waals surface area contributed by atoms with E-state index in [1.807, 2.05) is 20.8 Å². The quantitative estimate of drug-likeness (QED) is 0.284. The van der Waals surface area contributed by atoms with Crippen molar-refractivity contribution in [3.05, 3.63) is 0 Å². The number of methoxy groups -OCH3 is 1. The number of nitrogens with zero attached hydrogens (tertiary/aromatic N) is 2. The summed E-state index contributed by atoms with van der Waals surface area (Å²) in [5, 5.41) is 9.50.